The van der Waals surface area contributed by atoms with E-state index in [4.69, 9.17) is 15.9 Å². The molecule has 2 N–H and O–H groups in total. The number of terminal acetylenes is 1. The van der Waals surface area contributed by atoms with E-state index in [-0.39, 0.29) is 34.8 Å². The summed E-state index contributed by atoms with van der Waals surface area (Å²) in [6, 6.07) is 15.2. The summed E-state index contributed by atoms with van der Waals surface area (Å²) in [7, 11) is 1.66. The number of aromatic hydroxyl groups is 1. The predicted molar refractivity (Wildman–Crippen MR) is 135 cm³/mol. The van der Waals surface area contributed by atoms with Crippen LogP contribution in [0.3, 0.4) is 0 Å². The smallest absolute Gasteiger partial charge is 0.118 e. The van der Waals surface area contributed by atoms with Crippen LogP contribution in [-0.4, -0.2) is 29.0 Å². The third-order valence-corrected chi connectivity index (χ3v) is 7.98. The third kappa shape index (κ3) is 4.35. The third-order valence-electron chi connectivity index (χ3n) is 7.98. The van der Waals surface area contributed by atoms with Gasteiger partial charge in [-0.2, -0.15) is 0 Å². The highest BCUT2D eigenvalue weighted by Gasteiger charge is 2.58. The molecule has 34 heavy (non-hydrogen) atoms. The van der Waals surface area contributed by atoms with Crippen LogP contribution in [0.5, 0.6) is 11.5 Å². The number of aliphatic hydroxyl groups is 1. The fourth-order valence-electron chi connectivity index (χ4n) is 6.31. The van der Waals surface area contributed by atoms with Crippen LogP contribution >= 0.6 is 0 Å². The molecule has 0 spiro atoms. The van der Waals surface area contributed by atoms with E-state index in [1.165, 1.54) is 0 Å². The Morgan fingerprint density at radius 3 is 2.29 bits per heavy atom. The molecule has 180 valence electrons. The lowest BCUT2D eigenvalue weighted by molar-refractivity contribution is -0.189. The largest absolute Gasteiger partial charge is 0.508 e. The van der Waals surface area contributed by atoms with Crippen molar-refractivity contribution >= 4 is 0 Å². The molecular weight excluding hydrogens is 424 g/mol. The van der Waals surface area contributed by atoms with Crippen LogP contribution in [0.1, 0.15) is 51.2 Å². The molecule has 0 aromatic heterocycles. The Morgan fingerprint density at radius 2 is 1.71 bits per heavy atom. The van der Waals surface area contributed by atoms with E-state index >= 15 is 0 Å². The minimum atomic E-state index is -0.547. The van der Waals surface area contributed by atoms with Crippen molar-refractivity contribution in [3.05, 3.63) is 71.3 Å². The van der Waals surface area contributed by atoms with Crippen molar-refractivity contribution in [2.75, 3.05) is 7.11 Å². The summed E-state index contributed by atoms with van der Waals surface area (Å²) in [5.41, 5.74) is 2.41. The van der Waals surface area contributed by atoms with Gasteiger partial charge in [-0.05, 0) is 61.1 Å². The summed E-state index contributed by atoms with van der Waals surface area (Å²) in [4.78, 5) is 0. The zero-order valence-corrected chi connectivity index (χ0v) is 20.8. The van der Waals surface area contributed by atoms with E-state index < -0.39 is 11.7 Å². The molecule has 4 nitrogen and oxygen atoms in total. The first-order valence-corrected chi connectivity index (χ1v) is 12.0. The number of phenolic OH excluding ortho intramolecular Hbond substituents is 1. The second-order valence-electron chi connectivity index (χ2n) is 10.8. The Kier molecular flexibility index (Phi) is 6.55. The number of ether oxygens (including phenoxy) is 2. The van der Waals surface area contributed by atoms with Gasteiger partial charge in [-0.15, -0.1) is 6.42 Å². The minimum absolute atomic E-state index is 0.00261. The Bertz CT molecular complexity index is 1080. The van der Waals surface area contributed by atoms with E-state index in [1.54, 1.807) is 19.2 Å². The molecule has 0 amide bonds. The number of methoxy groups -OCH3 is 1. The van der Waals surface area contributed by atoms with E-state index in [2.05, 4.69) is 39.7 Å². The van der Waals surface area contributed by atoms with Gasteiger partial charge in [0.1, 0.15) is 11.5 Å². The molecular formula is C30H36O4. The topological polar surface area (TPSA) is 58.9 Å². The van der Waals surface area contributed by atoms with Crippen LogP contribution in [0.4, 0.5) is 0 Å². The number of benzene rings is 2. The van der Waals surface area contributed by atoms with Crippen LogP contribution in [0.2, 0.25) is 0 Å². The van der Waals surface area contributed by atoms with Crippen molar-refractivity contribution in [3.63, 3.8) is 0 Å². The van der Waals surface area contributed by atoms with E-state index in [0.29, 0.717) is 6.61 Å². The van der Waals surface area contributed by atoms with Crippen molar-refractivity contribution in [2.24, 2.45) is 23.2 Å². The molecule has 0 radical (unpaired) electrons. The Hall–Kier alpha value is -2.74. The number of fused-ring (bicyclic) bond motifs is 1. The molecule has 4 heteroatoms. The second kappa shape index (κ2) is 9.13. The van der Waals surface area contributed by atoms with Gasteiger partial charge in [-0.25, -0.2) is 0 Å². The van der Waals surface area contributed by atoms with Gasteiger partial charge in [0.05, 0.1) is 25.4 Å². The SMILES string of the molecule is C#C[C@@H]1C(C)=C[C@H]2[C@H]([C@@H]1c1ccc(O)cc1)[C@H](O)C(C)(C)C[C@@]2(C)OCc1ccc(OC)cc1. The highest BCUT2D eigenvalue weighted by Crippen LogP contribution is 2.58. The molecule has 6 atom stereocenters. The van der Waals surface area contributed by atoms with Crippen molar-refractivity contribution in [1.29, 1.82) is 0 Å². The van der Waals surface area contributed by atoms with Crippen molar-refractivity contribution < 1.29 is 19.7 Å². The maximum atomic E-state index is 11.7. The molecule has 1 saturated carbocycles. The minimum Gasteiger partial charge on any atom is -0.508 e. The molecule has 2 aliphatic carbocycles. The highest BCUT2D eigenvalue weighted by atomic mass is 16.5. The van der Waals surface area contributed by atoms with Crippen molar-refractivity contribution in [3.8, 4) is 23.8 Å². The van der Waals surface area contributed by atoms with E-state index in [9.17, 15) is 10.2 Å². The molecule has 0 saturated heterocycles. The van der Waals surface area contributed by atoms with Gasteiger partial charge >= 0.3 is 0 Å². The Balaban J connectivity index is 1.74. The number of rotatable bonds is 5. The number of allylic oxidation sites excluding steroid dienone is 1. The van der Waals surface area contributed by atoms with E-state index in [0.717, 1.165) is 28.9 Å². The molecule has 0 aliphatic heterocycles. The molecule has 0 heterocycles. The summed E-state index contributed by atoms with van der Waals surface area (Å²) in [6.45, 7) is 8.98. The molecule has 2 aliphatic rings. The predicted octanol–water partition coefficient (Wildman–Crippen LogP) is 5.69. The zero-order valence-electron chi connectivity index (χ0n) is 20.8. The fraction of sp³-hybridized carbons (Fsp3) is 0.467. The Morgan fingerprint density at radius 1 is 1.06 bits per heavy atom. The molecule has 0 unspecified atom stereocenters. The van der Waals surface area contributed by atoms with Gasteiger partial charge in [0.2, 0.25) is 0 Å². The summed E-state index contributed by atoms with van der Waals surface area (Å²) in [6.07, 6.45) is 8.48. The first kappa shape index (κ1) is 24.4. The van der Waals surface area contributed by atoms with Crippen LogP contribution < -0.4 is 4.74 Å². The van der Waals surface area contributed by atoms with Crippen LogP contribution in [0, 0.1) is 35.5 Å². The molecule has 2 aromatic rings. The molecule has 0 bridgehead atoms. The van der Waals surface area contributed by atoms with Gasteiger partial charge in [0, 0.05) is 23.7 Å². The molecule has 2 aromatic carbocycles. The normalized spacial score (nSPS) is 32.3. The van der Waals surface area contributed by atoms with Gasteiger partial charge < -0.3 is 19.7 Å². The lowest BCUT2D eigenvalue weighted by atomic mass is 9.50. The average molecular weight is 461 g/mol. The maximum absolute atomic E-state index is 11.7. The van der Waals surface area contributed by atoms with Crippen LogP contribution in [0.15, 0.2) is 60.2 Å². The zero-order chi connectivity index (χ0) is 24.7. The lowest BCUT2D eigenvalue weighted by Crippen LogP contribution is -2.60. The fourth-order valence-corrected chi connectivity index (χ4v) is 6.31. The van der Waals surface area contributed by atoms with Crippen LogP contribution in [0.25, 0.3) is 0 Å². The second-order valence-corrected chi connectivity index (χ2v) is 10.8. The van der Waals surface area contributed by atoms with Gasteiger partial charge in [-0.1, -0.05) is 55.7 Å². The number of hydrogen-bond acceptors (Lipinski definition) is 4. The molecule has 4 rings (SSSR count). The summed E-state index contributed by atoms with van der Waals surface area (Å²) in [5, 5.41) is 21.5. The van der Waals surface area contributed by atoms with Gasteiger partial charge in [0.15, 0.2) is 0 Å². The number of phenols is 1. The standard InChI is InChI=1S/C30H36O4/c1-7-24-19(2)16-25-27(26(24)21-10-12-22(31)13-11-21)28(32)29(3,4)18-30(25,5)34-17-20-8-14-23(33-6)15-9-20/h1,8-16,24-28,31-32H,17-18H2,2-6H3/t24-,25+,26-,27-,28+,30-/m1/s1. The van der Waals surface area contributed by atoms with E-state index in [1.807, 2.05) is 36.4 Å². The first-order chi connectivity index (χ1) is 16.1. The first-order valence-electron chi connectivity index (χ1n) is 12.0. The van der Waals surface area contributed by atoms with Crippen molar-refractivity contribution in [1.82, 2.24) is 0 Å². The van der Waals surface area contributed by atoms with Gasteiger partial charge in [-0.3, -0.25) is 0 Å². The van der Waals surface area contributed by atoms with Gasteiger partial charge in [0.25, 0.3) is 0 Å². The van der Waals surface area contributed by atoms with Crippen LogP contribution in [-0.2, 0) is 11.3 Å². The highest BCUT2D eigenvalue weighted by molar-refractivity contribution is 5.38. The van der Waals surface area contributed by atoms with Crippen molar-refractivity contribution in [2.45, 2.75) is 58.3 Å². The monoisotopic (exact) mass is 460 g/mol. The summed E-state index contributed by atoms with van der Waals surface area (Å²) in [5.74, 6) is 3.73. The summed E-state index contributed by atoms with van der Waals surface area (Å²) >= 11 is 0. The average Bonchev–Trinajstić information content (AvgIpc) is 2.81. The Labute approximate surface area is 203 Å². The number of aliphatic hydroxyl groups excluding tert-OH is 1. The number of hydrogen-bond donors (Lipinski definition) is 2. The quantitative estimate of drug-likeness (QED) is 0.444. The summed E-state index contributed by atoms with van der Waals surface area (Å²) < 4.78 is 12.0. The molecule has 1 fully saturated rings. The lowest BCUT2D eigenvalue weighted by Gasteiger charge is -2.58. The maximum Gasteiger partial charge on any atom is 0.118 e.